The molecular formula is C24H31N3O5S. The molecule has 0 bridgehead atoms. The van der Waals surface area contributed by atoms with Crippen molar-refractivity contribution in [3.63, 3.8) is 0 Å². The van der Waals surface area contributed by atoms with Crippen molar-refractivity contribution < 1.29 is 22.7 Å². The summed E-state index contributed by atoms with van der Waals surface area (Å²) in [6.07, 6.45) is 2.61. The summed E-state index contributed by atoms with van der Waals surface area (Å²) in [6, 6.07) is 10.1. The molecule has 33 heavy (non-hydrogen) atoms. The van der Waals surface area contributed by atoms with Gasteiger partial charge in [-0.25, -0.2) is 8.42 Å². The number of carbonyl (C=O) groups is 1. The first-order chi connectivity index (χ1) is 15.8. The lowest BCUT2D eigenvalue weighted by Gasteiger charge is -2.33. The molecule has 1 N–H and O–H groups in total. The predicted molar refractivity (Wildman–Crippen MR) is 126 cm³/mol. The van der Waals surface area contributed by atoms with Gasteiger partial charge in [0.1, 0.15) is 0 Å². The minimum atomic E-state index is -3.46. The van der Waals surface area contributed by atoms with Crippen LogP contribution in [0.4, 0.5) is 5.69 Å². The monoisotopic (exact) mass is 473 g/mol. The topological polar surface area (TPSA) is 88.2 Å². The Hall–Kier alpha value is -2.62. The minimum absolute atomic E-state index is 0.130. The first-order valence-electron chi connectivity index (χ1n) is 11.2. The summed E-state index contributed by atoms with van der Waals surface area (Å²) in [6.45, 7) is 4.40. The molecular weight excluding hydrogens is 442 g/mol. The Labute approximate surface area is 195 Å². The quantitative estimate of drug-likeness (QED) is 0.665. The normalized spacial score (nSPS) is 17.9. The second kappa shape index (κ2) is 9.70. The minimum Gasteiger partial charge on any atom is -0.493 e. The van der Waals surface area contributed by atoms with Crippen molar-refractivity contribution in [2.45, 2.75) is 43.7 Å². The van der Waals surface area contributed by atoms with Gasteiger partial charge in [0, 0.05) is 31.9 Å². The largest absolute Gasteiger partial charge is 0.493 e. The van der Waals surface area contributed by atoms with Crippen LogP contribution in [0.3, 0.4) is 0 Å². The van der Waals surface area contributed by atoms with E-state index in [-0.39, 0.29) is 16.8 Å². The standard InChI is InChI=1S/C24H31N3O5S/c1-17(26-13-10-18-14-22(31-2)23(32-3)15-19(18)16-26)24(28)25-20-6-8-21(9-7-20)33(29,30)27-11-4-5-12-27/h6-9,14-15,17H,4-5,10-13,16H2,1-3H3,(H,25,28). The van der Waals surface area contributed by atoms with Crippen LogP contribution in [-0.4, -0.2) is 63.4 Å². The van der Waals surface area contributed by atoms with Crippen LogP contribution in [-0.2, 0) is 27.8 Å². The molecule has 1 saturated heterocycles. The first-order valence-corrected chi connectivity index (χ1v) is 12.7. The molecule has 2 aliphatic rings. The SMILES string of the molecule is COc1cc2c(cc1OC)CN(C(C)C(=O)Nc1ccc(S(=O)(=O)N3CCCC3)cc1)CC2. The summed E-state index contributed by atoms with van der Waals surface area (Å²) in [5.41, 5.74) is 2.90. The van der Waals surface area contributed by atoms with Gasteiger partial charge in [-0.15, -0.1) is 0 Å². The molecule has 1 unspecified atom stereocenters. The molecule has 1 fully saturated rings. The van der Waals surface area contributed by atoms with Crippen LogP contribution in [0.15, 0.2) is 41.3 Å². The van der Waals surface area contributed by atoms with Crippen molar-refractivity contribution in [2.24, 2.45) is 0 Å². The summed E-state index contributed by atoms with van der Waals surface area (Å²) >= 11 is 0. The molecule has 2 aromatic rings. The lowest BCUT2D eigenvalue weighted by atomic mass is 9.97. The van der Waals surface area contributed by atoms with Gasteiger partial charge in [0.25, 0.3) is 0 Å². The molecule has 2 aromatic carbocycles. The van der Waals surface area contributed by atoms with Crippen LogP contribution >= 0.6 is 0 Å². The number of benzene rings is 2. The van der Waals surface area contributed by atoms with Crippen LogP contribution in [0.2, 0.25) is 0 Å². The molecule has 2 heterocycles. The smallest absolute Gasteiger partial charge is 0.243 e. The number of carbonyl (C=O) groups excluding carboxylic acids is 1. The highest BCUT2D eigenvalue weighted by molar-refractivity contribution is 7.89. The van der Waals surface area contributed by atoms with E-state index in [2.05, 4.69) is 10.2 Å². The maximum absolute atomic E-state index is 12.9. The highest BCUT2D eigenvalue weighted by Crippen LogP contribution is 2.33. The second-order valence-electron chi connectivity index (χ2n) is 8.50. The van der Waals surface area contributed by atoms with Crippen molar-refractivity contribution >= 4 is 21.6 Å². The number of hydrogen-bond donors (Lipinski definition) is 1. The number of sulfonamides is 1. The van der Waals surface area contributed by atoms with Gasteiger partial charge in [-0.1, -0.05) is 0 Å². The third kappa shape index (κ3) is 4.85. The Morgan fingerprint density at radius 2 is 1.58 bits per heavy atom. The fourth-order valence-corrected chi connectivity index (χ4v) is 5.95. The predicted octanol–water partition coefficient (Wildman–Crippen LogP) is 2.87. The molecule has 9 heteroatoms. The molecule has 0 radical (unpaired) electrons. The average Bonchev–Trinajstić information content (AvgIpc) is 3.38. The van der Waals surface area contributed by atoms with E-state index in [4.69, 9.17) is 9.47 Å². The van der Waals surface area contributed by atoms with Crippen molar-refractivity contribution in [3.8, 4) is 11.5 Å². The number of amides is 1. The van der Waals surface area contributed by atoms with Crippen LogP contribution in [0.25, 0.3) is 0 Å². The number of methoxy groups -OCH3 is 2. The Morgan fingerprint density at radius 1 is 0.970 bits per heavy atom. The van der Waals surface area contributed by atoms with Crippen LogP contribution in [0, 0.1) is 0 Å². The Morgan fingerprint density at radius 3 is 2.18 bits per heavy atom. The highest BCUT2D eigenvalue weighted by atomic mass is 32.2. The summed E-state index contributed by atoms with van der Waals surface area (Å²) in [4.78, 5) is 15.3. The average molecular weight is 474 g/mol. The number of fused-ring (bicyclic) bond motifs is 1. The zero-order chi connectivity index (χ0) is 23.6. The number of hydrogen-bond acceptors (Lipinski definition) is 6. The van der Waals surface area contributed by atoms with Gasteiger partial charge in [0.2, 0.25) is 15.9 Å². The van der Waals surface area contributed by atoms with Crippen molar-refractivity contribution in [2.75, 3.05) is 39.2 Å². The van der Waals surface area contributed by atoms with Gasteiger partial charge in [-0.3, -0.25) is 9.69 Å². The Balaban J connectivity index is 1.41. The number of ether oxygens (including phenoxy) is 2. The van der Waals surface area contributed by atoms with Crippen LogP contribution < -0.4 is 14.8 Å². The Bertz CT molecular complexity index is 1110. The maximum Gasteiger partial charge on any atom is 0.243 e. The summed E-state index contributed by atoms with van der Waals surface area (Å²) in [5.74, 6) is 1.26. The second-order valence-corrected chi connectivity index (χ2v) is 10.4. The third-order valence-electron chi connectivity index (χ3n) is 6.50. The molecule has 8 nitrogen and oxygen atoms in total. The van der Waals surface area contributed by atoms with Crippen LogP contribution in [0.5, 0.6) is 11.5 Å². The van der Waals surface area contributed by atoms with Crippen molar-refractivity contribution in [3.05, 3.63) is 47.5 Å². The van der Waals surface area contributed by atoms with Gasteiger partial charge >= 0.3 is 0 Å². The van der Waals surface area contributed by atoms with E-state index in [1.807, 2.05) is 19.1 Å². The molecule has 4 rings (SSSR count). The maximum atomic E-state index is 12.9. The van der Waals surface area contributed by atoms with E-state index in [0.717, 1.165) is 31.4 Å². The third-order valence-corrected chi connectivity index (χ3v) is 8.41. The lowest BCUT2D eigenvalue weighted by molar-refractivity contribution is -0.121. The molecule has 178 valence electrons. The fourth-order valence-electron chi connectivity index (χ4n) is 4.44. The zero-order valence-electron chi connectivity index (χ0n) is 19.3. The van der Waals surface area contributed by atoms with Gasteiger partial charge in [-0.05, 0) is 73.7 Å². The first kappa shape index (κ1) is 23.5. The lowest BCUT2D eigenvalue weighted by Crippen LogP contribution is -2.44. The summed E-state index contributed by atoms with van der Waals surface area (Å²) < 4.78 is 37.7. The van der Waals surface area contributed by atoms with Crippen molar-refractivity contribution in [1.82, 2.24) is 9.21 Å². The van der Waals surface area contributed by atoms with Crippen LogP contribution in [0.1, 0.15) is 30.9 Å². The van der Waals surface area contributed by atoms with Gasteiger partial charge in [0.15, 0.2) is 11.5 Å². The van der Waals surface area contributed by atoms with E-state index in [0.29, 0.717) is 36.8 Å². The van der Waals surface area contributed by atoms with E-state index in [1.54, 1.807) is 38.5 Å². The summed E-state index contributed by atoms with van der Waals surface area (Å²) in [5, 5.41) is 2.92. The highest BCUT2D eigenvalue weighted by Gasteiger charge is 2.28. The number of anilines is 1. The molecule has 0 aromatic heterocycles. The van der Waals surface area contributed by atoms with E-state index in [1.165, 1.54) is 9.87 Å². The molecule has 1 amide bonds. The number of nitrogens with one attached hydrogen (secondary N) is 1. The fraction of sp³-hybridized carbons (Fsp3) is 0.458. The van der Waals surface area contributed by atoms with Gasteiger partial charge < -0.3 is 14.8 Å². The molecule has 1 atom stereocenters. The molecule has 0 aliphatic carbocycles. The van der Waals surface area contributed by atoms with E-state index >= 15 is 0 Å². The summed E-state index contributed by atoms with van der Waals surface area (Å²) in [7, 11) is -0.225. The molecule has 0 spiro atoms. The van der Waals surface area contributed by atoms with E-state index < -0.39 is 10.0 Å². The number of rotatable bonds is 7. The Kier molecular flexibility index (Phi) is 6.92. The van der Waals surface area contributed by atoms with Gasteiger partial charge in [0.05, 0.1) is 25.2 Å². The molecule has 0 saturated carbocycles. The van der Waals surface area contributed by atoms with Crippen molar-refractivity contribution in [1.29, 1.82) is 0 Å². The van der Waals surface area contributed by atoms with Gasteiger partial charge in [-0.2, -0.15) is 4.31 Å². The molecule has 2 aliphatic heterocycles. The zero-order valence-corrected chi connectivity index (χ0v) is 20.2. The number of nitrogens with zero attached hydrogens (tertiary/aromatic N) is 2. The van der Waals surface area contributed by atoms with E-state index in [9.17, 15) is 13.2 Å².